The Morgan fingerprint density at radius 3 is 2.85 bits per heavy atom. The number of hydrogen-bond acceptors (Lipinski definition) is 3. The lowest BCUT2D eigenvalue weighted by Gasteiger charge is -2.10. The number of benzene rings is 1. The van der Waals surface area contributed by atoms with Crippen LogP contribution < -0.4 is 4.74 Å². The molecule has 0 saturated carbocycles. The molecule has 0 atom stereocenters. The van der Waals surface area contributed by atoms with Gasteiger partial charge in [0.25, 0.3) is 0 Å². The minimum atomic E-state index is 0.299. The molecular formula is C9H11IO2S. The molecule has 0 unspecified atom stereocenters. The molecule has 0 fully saturated rings. The zero-order valence-corrected chi connectivity index (χ0v) is 10.5. The Balaban J connectivity index is 2.87. The lowest BCUT2D eigenvalue weighted by atomic mass is 10.3. The first kappa shape index (κ1) is 11.1. The molecule has 0 N–H and O–H groups in total. The van der Waals surface area contributed by atoms with Crippen LogP contribution in [0, 0.1) is 3.57 Å². The van der Waals surface area contributed by atoms with Crippen LogP contribution in [0.1, 0.15) is 0 Å². The molecule has 0 saturated heterocycles. The molecule has 0 aliphatic rings. The molecule has 0 aliphatic heterocycles. The summed E-state index contributed by atoms with van der Waals surface area (Å²) in [5, 5.41) is 0. The number of methoxy groups -OCH3 is 1. The second kappa shape index (κ2) is 5.72. The normalized spacial score (nSPS) is 10.1. The van der Waals surface area contributed by atoms with Crippen LogP contribution in [-0.4, -0.2) is 20.2 Å². The molecule has 1 aromatic rings. The Labute approximate surface area is 96.1 Å². The molecule has 1 rings (SSSR count). The van der Waals surface area contributed by atoms with E-state index in [0.29, 0.717) is 6.79 Å². The van der Waals surface area contributed by atoms with Crippen molar-refractivity contribution in [2.45, 2.75) is 4.90 Å². The maximum absolute atomic E-state index is 5.46. The number of halogens is 1. The van der Waals surface area contributed by atoms with Crippen molar-refractivity contribution in [3.05, 3.63) is 21.8 Å². The molecule has 0 radical (unpaired) electrons. The highest BCUT2D eigenvalue weighted by Gasteiger charge is 2.06. The summed E-state index contributed by atoms with van der Waals surface area (Å²) in [6.07, 6.45) is 2.03. The first-order valence-electron chi connectivity index (χ1n) is 3.74. The van der Waals surface area contributed by atoms with E-state index in [1.807, 2.05) is 24.5 Å². The Bertz CT molecular complexity index is 278. The van der Waals surface area contributed by atoms with Gasteiger partial charge in [0.1, 0.15) is 5.75 Å². The van der Waals surface area contributed by atoms with E-state index in [-0.39, 0.29) is 0 Å². The van der Waals surface area contributed by atoms with Crippen LogP contribution >= 0.6 is 34.4 Å². The van der Waals surface area contributed by atoms with Gasteiger partial charge in [-0.1, -0.05) is 6.07 Å². The molecule has 4 heteroatoms. The van der Waals surface area contributed by atoms with Gasteiger partial charge in [0.15, 0.2) is 6.79 Å². The molecule has 0 bridgehead atoms. The second-order valence-electron chi connectivity index (χ2n) is 2.32. The van der Waals surface area contributed by atoms with E-state index in [0.717, 1.165) is 14.2 Å². The van der Waals surface area contributed by atoms with E-state index in [1.54, 1.807) is 18.9 Å². The third kappa shape index (κ3) is 3.03. The van der Waals surface area contributed by atoms with Crippen LogP contribution in [0.5, 0.6) is 5.75 Å². The van der Waals surface area contributed by atoms with Gasteiger partial charge in [0, 0.05) is 7.11 Å². The molecule has 1 aromatic carbocycles. The van der Waals surface area contributed by atoms with Crippen LogP contribution in [0.3, 0.4) is 0 Å². The Hall–Kier alpha value is 0.0600. The van der Waals surface area contributed by atoms with Gasteiger partial charge in [0.05, 0.1) is 8.47 Å². The highest BCUT2D eigenvalue weighted by Crippen LogP contribution is 2.31. The fourth-order valence-corrected chi connectivity index (χ4v) is 2.31. The van der Waals surface area contributed by atoms with Crippen molar-refractivity contribution >= 4 is 34.4 Å². The molecule has 0 spiro atoms. The van der Waals surface area contributed by atoms with E-state index < -0.39 is 0 Å². The van der Waals surface area contributed by atoms with E-state index in [9.17, 15) is 0 Å². The van der Waals surface area contributed by atoms with E-state index in [4.69, 9.17) is 9.47 Å². The van der Waals surface area contributed by atoms with Crippen molar-refractivity contribution in [1.82, 2.24) is 0 Å². The third-order valence-corrected chi connectivity index (χ3v) is 3.08. The fourth-order valence-electron chi connectivity index (χ4n) is 0.908. The molecule has 2 nitrogen and oxygen atoms in total. The van der Waals surface area contributed by atoms with Crippen molar-refractivity contribution in [2.75, 3.05) is 20.2 Å². The average molecular weight is 310 g/mol. The Morgan fingerprint density at radius 1 is 1.46 bits per heavy atom. The highest BCUT2D eigenvalue weighted by atomic mass is 127. The molecular weight excluding hydrogens is 299 g/mol. The summed E-state index contributed by atoms with van der Waals surface area (Å²) < 4.78 is 11.4. The third-order valence-electron chi connectivity index (χ3n) is 1.47. The minimum absolute atomic E-state index is 0.299. The van der Waals surface area contributed by atoms with Crippen LogP contribution in [0.15, 0.2) is 23.1 Å². The van der Waals surface area contributed by atoms with E-state index in [2.05, 4.69) is 22.6 Å². The van der Waals surface area contributed by atoms with Crippen LogP contribution in [0.4, 0.5) is 0 Å². The van der Waals surface area contributed by atoms with Crippen molar-refractivity contribution < 1.29 is 9.47 Å². The van der Waals surface area contributed by atoms with Gasteiger partial charge >= 0.3 is 0 Å². The van der Waals surface area contributed by atoms with Gasteiger partial charge in [-0.15, -0.1) is 11.8 Å². The second-order valence-corrected chi connectivity index (χ2v) is 4.33. The standard InChI is InChI=1S/C9H11IO2S/c1-11-6-12-9-7(10)4-3-5-8(9)13-2/h3-5H,6H2,1-2H3. The molecule has 0 aliphatic carbocycles. The van der Waals surface area contributed by atoms with Crippen LogP contribution in [0.2, 0.25) is 0 Å². The van der Waals surface area contributed by atoms with Crippen LogP contribution in [-0.2, 0) is 4.74 Å². The predicted molar refractivity (Wildman–Crippen MR) is 63.4 cm³/mol. The summed E-state index contributed by atoms with van der Waals surface area (Å²) in [4.78, 5) is 1.14. The van der Waals surface area contributed by atoms with Crippen molar-refractivity contribution in [1.29, 1.82) is 0 Å². The molecule has 72 valence electrons. The van der Waals surface area contributed by atoms with Crippen molar-refractivity contribution in [3.8, 4) is 5.75 Å². The van der Waals surface area contributed by atoms with Crippen molar-refractivity contribution in [2.24, 2.45) is 0 Å². The van der Waals surface area contributed by atoms with E-state index in [1.165, 1.54) is 0 Å². The number of thioether (sulfide) groups is 1. The summed E-state index contributed by atoms with van der Waals surface area (Å²) in [6.45, 7) is 0.299. The van der Waals surface area contributed by atoms with Gasteiger partial charge in [0.2, 0.25) is 0 Å². The van der Waals surface area contributed by atoms with Gasteiger partial charge in [-0.25, -0.2) is 0 Å². The number of para-hydroxylation sites is 1. The van der Waals surface area contributed by atoms with Crippen LogP contribution in [0.25, 0.3) is 0 Å². The lowest BCUT2D eigenvalue weighted by molar-refractivity contribution is 0.0485. The Kier molecular flexibility index (Phi) is 4.90. The lowest BCUT2D eigenvalue weighted by Crippen LogP contribution is -2.01. The summed E-state index contributed by atoms with van der Waals surface area (Å²) in [6, 6.07) is 6.08. The topological polar surface area (TPSA) is 18.5 Å². The first-order valence-corrected chi connectivity index (χ1v) is 6.04. The zero-order chi connectivity index (χ0) is 9.68. The zero-order valence-electron chi connectivity index (χ0n) is 7.54. The smallest absolute Gasteiger partial charge is 0.188 e. The number of rotatable bonds is 4. The van der Waals surface area contributed by atoms with Gasteiger partial charge < -0.3 is 9.47 Å². The minimum Gasteiger partial charge on any atom is -0.465 e. The van der Waals surface area contributed by atoms with Gasteiger partial charge in [-0.3, -0.25) is 0 Å². The number of hydrogen-bond donors (Lipinski definition) is 0. The molecule has 0 aromatic heterocycles. The molecule has 13 heavy (non-hydrogen) atoms. The van der Waals surface area contributed by atoms with E-state index >= 15 is 0 Å². The van der Waals surface area contributed by atoms with Gasteiger partial charge in [-0.2, -0.15) is 0 Å². The average Bonchev–Trinajstić information content (AvgIpc) is 2.15. The first-order chi connectivity index (χ1) is 6.29. The maximum Gasteiger partial charge on any atom is 0.188 e. The molecule has 0 amide bonds. The largest absolute Gasteiger partial charge is 0.465 e. The summed E-state index contributed by atoms with van der Waals surface area (Å²) in [5.74, 6) is 0.914. The number of ether oxygens (including phenoxy) is 2. The SMILES string of the molecule is COCOc1c(I)cccc1SC. The maximum atomic E-state index is 5.46. The predicted octanol–water partition coefficient (Wildman–Crippen LogP) is 3.00. The fraction of sp³-hybridized carbons (Fsp3) is 0.333. The summed E-state index contributed by atoms with van der Waals surface area (Å²) >= 11 is 3.93. The highest BCUT2D eigenvalue weighted by molar-refractivity contribution is 14.1. The van der Waals surface area contributed by atoms with Gasteiger partial charge in [-0.05, 0) is 41.0 Å². The monoisotopic (exact) mass is 310 g/mol. The summed E-state index contributed by atoms with van der Waals surface area (Å²) in [7, 11) is 1.62. The summed E-state index contributed by atoms with van der Waals surface area (Å²) in [5.41, 5.74) is 0. The quantitative estimate of drug-likeness (QED) is 0.484. The Morgan fingerprint density at radius 2 is 2.23 bits per heavy atom. The molecule has 0 heterocycles. The van der Waals surface area contributed by atoms with Crippen molar-refractivity contribution in [3.63, 3.8) is 0 Å².